The number of carbonyl (C=O) groups is 1. The van der Waals surface area contributed by atoms with E-state index in [2.05, 4.69) is 32.1 Å². The van der Waals surface area contributed by atoms with E-state index in [1.807, 2.05) is 0 Å². The molecule has 1 atom stereocenters. The molecule has 1 aliphatic heterocycles. The Morgan fingerprint density at radius 2 is 2.19 bits per heavy atom. The number of aromatic nitrogens is 3. The summed E-state index contributed by atoms with van der Waals surface area (Å²) in [5.41, 5.74) is 1.31. The molecule has 1 amide bonds. The Morgan fingerprint density at radius 1 is 1.35 bits per heavy atom. The van der Waals surface area contributed by atoms with Gasteiger partial charge in [-0.05, 0) is 44.5 Å². The predicted octanol–water partition coefficient (Wildman–Crippen LogP) is 5.10. The lowest BCUT2D eigenvalue weighted by atomic mass is 10.1. The average molecular weight is 464 g/mol. The summed E-state index contributed by atoms with van der Waals surface area (Å²) in [6, 6.07) is 4.73. The van der Waals surface area contributed by atoms with Crippen molar-refractivity contribution in [2.24, 2.45) is 0 Å². The van der Waals surface area contributed by atoms with Crippen LogP contribution in [0.25, 0.3) is 11.3 Å². The Kier molecular flexibility index (Phi) is 6.54. The summed E-state index contributed by atoms with van der Waals surface area (Å²) in [6.07, 6.45) is 4.82. The van der Waals surface area contributed by atoms with E-state index in [0.29, 0.717) is 29.0 Å². The van der Waals surface area contributed by atoms with Gasteiger partial charge in [0.1, 0.15) is 23.3 Å². The normalized spacial score (nSPS) is 16.6. The average Bonchev–Trinajstić information content (AvgIpc) is 3.35. The quantitative estimate of drug-likeness (QED) is 0.550. The first-order chi connectivity index (χ1) is 14.9. The van der Waals surface area contributed by atoms with Gasteiger partial charge in [-0.2, -0.15) is 0 Å². The molecular formula is C21H20ClF2N5OS. The van der Waals surface area contributed by atoms with E-state index in [4.69, 9.17) is 11.6 Å². The zero-order chi connectivity index (χ0) is 22.0. The van der Waals surface area contributed by atoms with Crippen LogP contribution in [0.2, 0.25) is 5.15 Å². The molecule has 2 aromatic heterocycles. The van der Waals surface area contributed by atoms with Gasteiger partial charge in [-0.15, -0.1) is 0 Å². The zero-order valence-electron chi connectivity index (χ0n) is 16.7. The van der Waals surface area contributed by atoms with Gasteiger partial charge >= 0.3 is 0 Å². The van der Waals surface area contributed by atoms with E-state index < -0.39 is 18.4 Å². The number of likely N-dealkylation sites (tertiary alicyclic amines) is 1. The number of rotatable bonds is 6. The Hall–Kier alpha value is -2.49. The van der Waals surface area contributed by atoms with Gasteiger partial charge in [0.15, 0.2) is 5.13 Å². The monoisotopic (exact) mass is 463 g/mol. The van der Waals surface area contributed by atoms with E-state index in [1.54, 1.807) is 6.07 Å². The number of hydrogen-bond acceptors (Lipinski definition) is 6. The molecule has 6 nitrogen and oxygen atoms in total. The fraction of sp³-hybridized carbons (Fsp3) is 0.333. The number of thiazole rings is 1. The van der Waals surface area contributed by atoms with Crippen molar-refractivity contribution in [3.8, 4) is 11.3 Å². The molecule has 1 aromatic carbocycles. The summed E-state index contributed by atoms with van der Waals surface area (Å²) in [5.74, 6) is -1.06. The number of benzene rings is 1. The van der Waals surface area contributed by atoms with Gasteiger partial charge in [-0.1, -0.05) is 22.9 Å². The van der Waals surface area contributed by atoms with Crippen LogP contribution in [0.4, 0.5) is 13.9 Å². The lowest BCUT2D eigenvalue weighted by Gasteiger charge is -2.20. The number of amides is 1. The molecule has 4 rings (SSSR count). The molecule has 162 valence electrons. The van der Waals surface area contributed by atoms with E-state index in [-0.39, 0.29) is 16.4 Å². The molecular weight excluding hydrogens is 444 g/mol. The third kappa shape index (κ3) is 4.89. The highest BCUT2D eigenvalue weighted by molar-refractivity contribution is 7.16. The number of nitrogens with zero attached hydrogens (tertiary/aromatic N) is 4. The van der Waals surface area contributed by atoms with Crippen LogP contribution < -0.4 is 5.32 Å². The molecule has 0 bridgehead atoms. The van der Waals surface area contributed by atoms with Gasteiger partial charge in [0, 0.05) is 28.6 Å². The molecule has 1 aliphatic rings. The molecule has 1 fully saturated rings. The number of nitrogens with one attached hydrogen (secondary N) is 1. The summed E-state index contributed by atoms with van der Waals surface area (Å²) >= 11 is 7.06. The highest BCUT2D eigenvalue weighted by atomic mass is 35.5. The highest BCUT2D eigenvalue weighted by Gasteiger charge is 2.24. The minimum Gasteiger partial charge on any atom is -0.296 e. The minimum atomic E-state index is -0.902. The fourth-order valence-electron chi connectivity index (χ4n) is 3.57. The van der Waals surface area contributed by atoms with Crippen LogP contribution in [0.15, 0.2) is 30.6 Å². The topological polar surface area (TPSA) is 71.0 Å². The van der Waals surface area contributed by atoms with Crippen LogP contribution >= 0.6 is 22.9 Å². The molecule has 3 aromatic rings. The lowest BCUT2D eigenvalue weighted by molar-refractivity contribution is 0.102. The fourth-order valence-corrected chi connectivity index (χ4v) is 4.67. The largest absolute Gasteiger partial charge is 0.296 e. The zero-order valence-corrected chi connectivity index (χ0v) is 18.3. The van der Waals surface area contributed by atoms with Crippen molar-refractivity contribution in [3.05, 3.63) is 57.7 Å². The first-order valence-electron chi connectivity index (χ1n) is 9.82. The summed E-state index contributed by atoms with van der Waals surface area (Å²) < 4.78 is 27.0. The van der Waals surface area contributed by atoms with Crippen molar-refractivity contribution in [2.75, 3.05) is 11.9 Å². The maximum absolute atomic E-state index is 13.8. The molecule has 0 aliphatic carbocycles. The van der Waals surface area contributed by atoms with E-state index in [9.17, 15) is 13.6 Å². The van der Waals surface area contributed by atoms with E-state index in [1.165, 1.54) is 35.9 Å². The van der Waals surface area contributed by atoms with Crippen LogP contribution in [0.3, 0.4) is 0 Å². The minimum absolute atomic E-state index is 0.0204. The SMILES string of the molecule is C[C@@H]1CCCN1Cc1sc(NC(=O)c2cnc(Cl)cn2)nc1-c1ccc(F)c(CF)c1. The van der Waals surface area contributed by atoms with Gasteiger partial charge in [0.25, 0.3) is 5.91 Å². The molecule has 1 N–H and O–H groups in total. The van der Waals surface area contributed by atoms with Gasteiger partial charge in [0.05, 0.1) is 18.1 Å². The van der Waals surface area contributed by atoms with Gasteiger partial charge < -0.3 is 0 Å². The van der Waals surface area contributed by atoms with E-state index >= 15 is 0 Å². The first-order valence-corrected chi connectivity index (χ1v) is 11.0. The Morgan fingerprint density at radius 3 is 2.87 bits per heavy atom. The molecule has 3 heterocycles. The Labute approximate surface area is 187 Å². The smallest absolute Gasteiger partial charge is 0.277 e. The standard InChI is InChI=1S/C21H20ClF2N5OS/c1-12-3-2-6-29(12)11-17-19(13-4-5-15(24)14(7-13)8-23)27-21(31-17)28-20(30)16-9-26-18(22)10-25-16/h4-5,7,9-10,12H,2-3,6,8,11H2,1H3,(H,27,28,30)/t12-/m1/s1. The number of alkyl halides is 1. The molecule has 0 spiro atoms. The summed E-state index contributed by atoms with van der Waals surface area (Å²) in [7, 11) is 0. The van der Waals surface area contributed by atoms with Crippen LogP contribution in [-0.4, -0.2) is 38.3 Å². The third-order valence-corrected chi connectivity index (χ3v) is 6.42. The van der Waals surface area contributed by atoms with Crippen molar-refractivity contribution in [3.63, 3.8) is 0 Å². The number of halogens is 3. The van der Waals surface area contributed by atoms with Crippen molar-refractivity contribution in [2.45, 2.75) is 39.0 Å². The van der Waals surface area contributed by atoms with Crippen LogP contribution in [-0.2, 0) is 13.2 Å². The van der Waals surface area contributed by atoms with Gasteiger partial charge in [0.2, 0.25) is 0 Å². The molecule has 31 heavy (non-hydrogen) atoms. The second kappa shape index (κ2) is 9.33. The second-order valence-electron chi connectivity index (χ2n) is 7.37. The summed E-state index contributed by atoms with van der Waals surface area (Å²) in [6.45, 7) is 2.89. The Bertz CT molecular complexity index is 1090. The molecule has 0 unspecified atom stereocenters. The highest BCUT2D eigenvalue weighted by Crippen LogP contribution is 2.35. The van der Waals surface area contributed by atoms with Crippen LogP contribution in [0.5, 0.6) is 0 Å². The summed E-state index contributed by atoms with van der Waals surface area (Å²) in [4.78, 5) is 28.2. The van der Waals surface area contributed by atoms with Gasteiger partial charge in [-0.3, -0.25) is 15.0 Å². The number of anilines is 1. The van der Waals surface area contributed by atoms with Crippen LogP contribution in [0, 0.1) is 5.82 Å². The van der Waals surface area contributed by atoms with Crippen molar-refractivity contribution in [1.29, 1.82) is 0 Å². The molecule has 0 radical (unpaired) electrons. The van der Waals surface area contributed by atoms with Crippen molar-refractivity contribution in [1.82, 2.24) is 19.9 Å². The number of hydrogen-bond donors (Lipinski definition) is 1. The molecule has 0 saturated carbocycles. The van der Waals surface area contributed by atoms with Gasteiger partial charge in [-0.25, -0.2) is 23.7 Å². The van der Waals surface area contributed by atoms with Crippen molar-refractivity contribution >= 4 is 34.0 Å². The van der Waals surface area contributed by atoms with Crippen molar-refractivity contribution < 1.29 is 13.6 Å². The maximum Gasteiger partial charge on any atom is 0.277 e. The third-order valence-electron chi connectivity index (χ3n) is 5.27. The molecule has 1 saturated heterocycles. The predicted molar refractivity (Wildman–Crippen MR) is 116 cm³/mol. The lowest BCUT2D eigenvalue weighted by Crippen LogP contribution is -2.25. The van der Waals surface area contributed by atoms with E-state index in [0.717, 1.165) is 24.3 Å². The first kappa shape index (κ1) is 21.7. The maximum atomic E-state index is 13.8. The second-order valence-corrected chi connectivity index (χ2v) is 8.84. The van der Waals surface area contributed by atoms with Crippen LogP contribution in [0.1, 0.15) is 40.7 Å². The number of carbonyl (C=O) groups excluding carboxylic acids is 1. The summed E-state index contributed by atoms with van der Waals surface area (Å²) in [5, 5.41) is 3.31. The molecule has 10 heteroatoms. The Balaban J connectivity index is 1.66.